The fraction of sp³-hybridized carbons (Fsp3) is 0.611. The van der Waals surface area contributed by atoms with Gasteiger partial charge in [-0.1, -0.05) is 31.2 Å². The average molecular weight is 428 g/mol. The molecule has 5 heteroatoms. The van der Waals surface area contributed by atoms with Crippen LogP contribution in [0.1, 0.15) is 30.9 Å². The smallest absolute Gasteiger partial charge is 0.194 e. The third-order valence-corrected chi connectivity index (χ3v) is 4.88. The van der Waals surface area contributed by atoms with E-state index in [-0.39, 0.29) is 24.0 Å². The number of halogens is 1. The fourth-order valence-electron chi connectivity index (χ4n) is 3.24. The van der Waals surface area contributed by atoms with Crippen molar-refractivity contribution in [2.24, 2.45) is 10.9 Å². The lowest BCUT2D eigenvalue weighted by molar-refractivity contribution is 0.185. The van der Waals surface area contributed by atoms with E-state index in [1.54, 1.807) is 0 Å². The fourth-order valence-corrected chi connectivity index (χ4v) is 3.24. The lowest BCUT2D eigenvalue weighted by Gasteiger charge is -2.30. The summed E-state index contributed by atoms with van der Waals surface area (Å²) in [5, 5.41) is 3.49. The summed E-state index contributed by atoms with van der Waals surface area (Å²) in [5.74, 6) is 1.92. The van der Waals surface area contributed by atoms with E-state index in [2.05, 4.69) is 58.3 Å². The second-order valence-electron chi connectivity index (χ2n) is 6.71. The van der Waals surface area contributed by atoms with Gasteiger partial charge in [0.1, 0.15) is 0 Å². The molecule has 1 aromatic rings. The van der Waals surface area contributed by atoms with Crippen LogP contribution in [0.15, 0.2) is 29.3 Å². The highest BCUT2D eigenvalue weighted by Gasteiger charge is 2.17. The Hall–Kier alpha value is -0.820. The van der Waals surface area contributed by atoms with Crippen LogP contribution in [0, 0.1) is 5.92 Å². The number of piperidine rings is 1. The quantitative estimate of drug-likeness (QED) is 0.749. The molecule has 1 fully saturated rings. The van der Waals surface area contributed by atoms with E-state index < -0.39 is 0 Å². The first kappa shape index (κ1) is 18.5. The highest BCUT2D eigenvalue weighted by Crippen LogP contribution is 2.19. The van der Waals surface area contributed by atoms with E-state index in [0.717, 1.165) is 38.1 Å². The van der Waals surface area contributed by atoms with Gasteiger partial charge in [0, 0.05) is 26.7 Å². The Labute approximate surface area is 157 Å². The van der Waals surface area contributed by atoms with Gasteiger partial charge in [-0.25, -0.2) is 0 Å². The second kappa shape index (κ2) is 8.87. The van der Waals surface area contributed by atoms with E-state index in [1.165, 1.54) is 37.1 Å². The summed E-state index contributed by atoms with van der Waals surface area (Å²) < 4.78 is 0. The van der Waals surface area contributed by atoms with Crippen LogP contribution in [-0.2, 0) is 13.1 Å². The molecule has 0 saturated carbocycles. The summed E-state index contributed by atoms with van der Waals surface area (Å²) >= 11 is 0. The molecular formula is C18H29IN4. The molecule has 0 aliphatic carbocycles. The lowest BCUT2D eigenvalue weighted by Crippen LogP contribution is -2.36. The van der Waals surface area contributed by atoms with Crippen LogP contribution in [0.3, 0.4) is 0 Å². The van der Waals surface area contributed by atoms with Gasteiger partial charge in [0.25, 0.3) is 0 Å². The summed E-state index contributed by atoms with van der Waals surface area (Å²) in [6.45, 7) is 8.71. The number of likely N-dealkylation sites (N-methyl/N-ethyl adjacent to an activating group) is 1. The van der Waals surface area contributed by atoms with Crippen molar-refractivity contribution in [2.45, 2.75) is 32.9 Å². The molecule has 2 aliphatic heterocycles. The van der Waals surface area contributed by atoms with E-state index >= 15 is 0 Å². The normalized spacial score (nSPS) is 19.4. The number of hydrogen-bond acceptors (Lipinski definition) is 4. The summed E-state index contributed by atoms with van der Waals surface area (Å²) in [6, 6.07) is 8.81. The van der Waals surface area contributed by atoms with Crippen molar-refractivity contribution >= 4 is 29.9 Å². The molecule has 2 aliphatic rings. The third-order valence-electron chi connectivity index (χ3n) is 4.88. The van der Waals surface area contributed by atoms with Gasteiger partial charge in [-0.15, -0.1) is 24.0 Å². The molecular weight excluding hydrogens is 399 g/mol. The molecule has 0 unspecified atom stereocenters. The van der Waals surface area contributed by atoms with E-state index in [0.29, 0.717) is 0 Å². The van der Waals surface area contributed by atoms with Gasteiger partial charge in [-0.3, -0.25) is 9.89 Å². The minimum atomic E-state index is 0. The summed E-state index contributed by atoms with van der Waals surface area (Å²) in [5.41, 5.74) is 2.84. The van der Waals surface area contributed by atoms with Crippen molar-refractivity contribution in [1.82, 2.24) is 15.1 Å². The van der Waals surface area contributed by atoms with Gasteiger partial charge in [0.15, 0.2) is 5.96 Å². The summed E-state index contributed by atoms with van der Waals surface area (Å²) in [6.07, 6.45) is 2.67. The van der Waals surface area contributed by atoms with Crippen molar-refractivity contribution in [1.29, 1.82) is 0 Å². The molecule has 0 spiro atoms. The first-order valence-corrected chi connectivity index (χ1v) is 8.51. The lowest BCUT2D eigenvalue weighted by atomic mass is 9.98. The molecule has 0 amide bonds. The van der Waals surface area contributed by atoms with Crippen LogP contribution in [0.4, 0.5) is 0 Å². The Kier molecular flexibility index (Phi) is 7.14. The van der Waals surface area contributed by atoms with Crippen LogP contribution >= 0.6 is 24.0 Å². The Bertz CT molecular complexity index is 524. The maximum Gasteiger partial charge on any atom is 0.194 e. The number of guanidine groups is 1. The monoisotopic (exact) mass is 428 g/mol. The molecule has 2 heterocycles. The topological polar surface area (TPSA) is 30.9 Å². The van der Waals surface area contributed by atoms with Crippen LogP contribution in [0.2, 0.25) is 0 Å². The van der Waals surface area contributed by atoms with Gasteiger partial charge in [0.2, 0.25) is 0 Å². The zero-order valence-corrected chi connectivity index (χ0v) is 16.6. The zero-order valence-electron chi connectivity index (χ0n) is 14.3. The third kappa shape index (κ3) is 5.08. The number of aliphatic imine (C=N–C) groups is 1. The summed E-state index contributed by atoms with van der Waals surface area (Å²) in [4.78, 5) is 9.29. The van der Waals surface area contributed by atoms with Crippen molar-refractivity contribution in [3.8, 4) is 0 Å². The van der Waals surface area contributed by atoms with E-state index in [9.17, 15) is 0 Å². The number of benzene rings is 1. The number of rotatable bonds is 4. The largest absolute Gasteiger partial charge is 0.352 e. The minimum Gasteiger partial charge on any atom is -0.352 e. The van der Waals surface area contributed by atoms with Crippen LogP contribution in [-0.4, -0.2) is 49.0 Å². The number of nitrogens with one attached hydrogen (secondary N) is 1. The van der Waals surface area contributed by atoms with Crippen molar-refractivity contribution in [2.75, 3.05) is 33.2 Å². The highest BCUT2D eigenvalue weighted by atomic mass is 127. The van der Waals surface area contributed by atoms with Crippen LogP contribution in [0.5, 0.6) is 0 Å². The molecule has 0 aromatic heterocycles. The van der Waals surface area contributed by atoms with Gasteiger partial charge < -0.3 is 10.2 Å². The first-order chi connectivity index (χ1) is 10.7. The van der Waals surface area contributed by atoms with Gasteiger partial charge in [0.05, 0.1) is 6.54 Å². The van der Waals surface area contributed by atoms with Crippen molar-refractivity contribution < 1.29 is 0 Å². The first-order valence-electron chi connectivity index (χ1n) is 8.51. The predicted octanol–water partition coefficient (Wildman–Crippen LogP) is 2.93. The molecule has 1 saturated heterocycles. The average Bonchev–Trinajstić information content (AvgIpc) is 2.94. The number of nitrogens with zero attached hydrogens (tertiary/aromatic N) is 3. The molecule has 23 heavy (non-hydrogen) atoms. The summed E-state index contributed by atoms with van der Waals surface area (Å²) in [7, 11) is 2.10. The molecule has 1 aromatic carbocycles. The molecule has 1 N–H and O–H groups in total. The maximum atomic E-state index is 4.51. The molecule has 0 atom stereocenters. The zero-order chi connectivity index (χ0) is 15.4. The molecule has 0 bridgehead atoms. The van der Waals surface area contributed by atoms with Gasteiger partial charge in [-0.2, -0.15) is 0 Å². The Morgan fingerprint density at radius 3 is 2.48 bits per heavy atom. The molecule has 4 nitrogen and oxygen atoms in total. The number of hydrogen-bond donors (Lipinski definition) is 1. The molecule has 3 rings (SSSR count). The van der Waals surface area contributed by atoms with Gasteiger partial charge in [-0.05, 0) is 43.0 Å². The molecule has 128 valence electrons. The minimum absolute atomic E-state index is 0. The Morgan fingerprint density at radius 1 is 1.13 bits per heavy atom. The Morgan fingerprint density at radius 2 is 1.83 bits per heavy atom. The van der Waals surface area contributed by atoms with Crippen LogP contribution < -0.4 is 5.32 Å². The molecule has 0 radical (unpaired) electrons. The van der Waals surface area contributed by atoms with Crippen molar-refractivity contribution in [3.05, 3.63) is 35.4 Å². The van der Waals surface area contributed by atoms with E-state index in [4.69, 9.17) is 0 Å². The van der Waals surface area contributed by atoms with Crippen molar-refractivity contribution in [3.63, 3.8) is 0 Å². The maximum absolute atomic E-state index is 4.51. The predicted molar refractivity (Wildman–Crippen MR) is 107 cm³/mol. The SMILES string of the molecule is CC1CCN(Cc2ccccc2CNC2=NCCN2C)CC1.I. The highest BCUT2D eigenvalue weighted by molar-refractivity contribution is 14.0. The van der Waals surface area contributed by atoms with E-state index in [1.807, 2.05) is 0 Å². The van der Waals surface area contributed by atoms with Crippen LogP contribution in [0.25, 0.3) is 0 Å². The van der Waals surface area contributed by atoms with Gasteiger partial charge >= 0.3 is 0 Å². The second-order valence-corrected chi connectivity index (χ2v) is 6.71. The number of likely N-dealkylation sites (tertiary alicyclic amines) is 1. The standard InChI is InChI=1S/C18H28N4.HI/c1-15-7-10-22(11-8-15)14-17-6-4-3-5-16(17)13-20-18-19-9-12-21(18)2;/h3-6,15H,7-14H2,1-2H3,(H,19,20);1H. The Balaban J connectivity index is 0.00000192.